The molecule has 28 heavy (non-hydrogen) atoms. The van der Waals surface area contributed by atoms with E-state index in [0.717, 1.165) is 11.4 Å². The minimum atomic E-state index is -0.660. The van der Waals surface area contributed by atoms with E-state index in [1.165, 1.54) is 0 Å². The fraction of sp³-hybridized carbons (Fsp3) is 0.500. The van der Waals surface area contributed by atoms with Crippen LogP contribution in [0.3, 0.4) is 0 Å². The standard InChI is InChI=1S/C22H25Cl2NO3/c1-5-15-20(21(27)28-6-2)18(13-8-7-12(23)9-14(13)24)19-16(25-15)10-22(3,4)11-17(19)26/h7-9,18,20H,5-6,10-11H2,1-4H3/t18-,20?/m1/s1. The van der Waals surface area contributed by atoms with Crippen LogP contribution in [0, 0.1) is 11.3 Å². The fourth-order valence-electron chi connectivity index (χ4n) is 4.25. The van der Waals surface area contributed by atoms with E-state index in [1.807, 2.05) is 6.92 Å². The molecule has 1 aliphatic heterocycles. The van der Waals surface area contributed by atoms with E-state index < -0.39 is 11.8 Å². The zero-order valence-corrected chi connectivity index (χ0v) is 18.2. The second kappa shape index (κ2) is 8.00. The molecule has 150 valence electrons. The van der Waals surface area contributed by atoms with Gasteiger partial charge < -0.3 is 4.74 Å². The van der Waals surface area contributed by atoms with Crippen molar-refractivity contribution in [1.29, 1.82) is 0 Å². The number of ether oxygens (including phenoxy) is 1. The molecule has 0 fully saturated rings. The Morgan fingerprint density at radius 2 is 1.96 bits per heavy atom. The van der Waals surface area contributed by atoms with E-state index in [1.54, 1.807) is 25.1 Å². The molecule has 0 N–H and O–H groups in total. The van der Waals surface area contributed by atoms with Crippen molar-refractivity contribution in [3.63, 3.8) is 0 Å². The van der Waals surface area contributed by atoms with Gasteiger partial charge in [-0.1, -0.05) is 50.0 Å². The van der Waals surface area contributed by atoms with Crippen molar-refractivity contribution in [3.05, 3.63) is 45.1 Å². The minimum Gasteiger partial charge on any atom is -0.465 e. The molecular weight excluding hydrogens is 397 g/mol. The second-order valence-corrected chi connectivity index (χ2v) is 8.97. The van der Waals surface area contributed by atoms with Crippen molar-refractivity contribution < 1.29 is 14.3 Å². The van der Waals surface area contributed by atoms with Gasteiger partial charge >= 0.3 is 5.97 Å². The van der Waals surface area contributed by atoms with Crippen LogP contribution in [-0.4, -0.2) is 24.1 Å². The largest absolute Gasteiger partial charge is 0.465 e. The molecule has 0 radical (unpaired) electrons. The Morgan fingerprint density at radius 3 is 2.57 bits per heavy atom. The van der Waals surface area contributed by atoms with Gasteiger partial charge in [-0.25, -0.2) is 0 Å². The summed E-state index contributed by atoms with van der Waals surface area (Å²) >= 11 is 12.6. The molecule has 4 nitrogen and oxygen atoms in total. The van der Waals surface area contributed by atoms with Crippen molar-refractivity contribution >= 4 is 40.7 Å². The van der Waals surface area contributed by atoms with Gasteiger partial charge in [0.1, 0.15) is 5.92 Å². The third-order valence-electron chi connectivity index (χ3n) is 5.38. The van der Waals surface area contributed by atoms with Crippen molar-refractivity contribution in [3.8, 4) is 0 Å². The summed E-state index contributed by atoms with van der Waals surface area (Å²) in [5.74, 6) is -1.51. The Labute approximate surface area is 176 Å². The lowest BCUT2D eigenvalue weighted by molar-refractivity contribution is -0.146. The van der Waals surface area contributed by atoms with Crippen molar-refractivity contribution in [2.24, 2.45) is 16.3 Å². The number of benzene rings is 1. The molecule has 0 aromatic heterocycles. The zero-order valence-electron chi connectivity index (χ0n) is 16.6. The summed E-state index contributed by atoms with van der Waals surface area (Å²) in [6, 6.07) is 5.19. The number of hydrogen-bond acceptors (Lipinski definition) is 4. The Hall–Kier alpha value is -1.65. The molecule has 1 aliphatic carbocycles. The molecule has 1 aromatic carbocycles. The van der Waals surface area contributed by atoms with Gasteiger partial charge in [0, 0.05) is 39.4 Å². The van der Waals surface area contributed by atoms with E-state index in [4.69, 9.17) is 32.9 Å². The van der Waals surface area contributed by atoms with E-state index in [2.05, 4.69) is 13.8 Å². The lowest BCUT2D eigenvalue weighted by atomic mass is 9.66. The molecule has 1 aromatic rings. The lowest BCUT2D eigenvalue weighted by Crippen LogP contribution is -2.40. The molecule has 2 atom stereocenters. The number of allylic oxidation sites excluding steroid dienone is 2. The first-order valence-electron chi connectivity index (χ1n) is 9.63. The van der Waals surface area contributed by atoms with Gasteiger partial charge in [0.05, 0.1) is 6.61 Å². The van der Waals surface area contributed by atoms with Crippen molar-refractivity contribution in [2.45, 2.75) is 52.9 Å². The number of carbonyl (C=O) groups is 2. The normalized spacial score (nSPS) is 23.9. The first-order valence-corrected chi connectivity index (χ1v) is 10.4. The van der Waals surface area contributed by atoms with Crippen LogP contribution in [-0.2, 0) is 14.3 Å². The highest BCUT2D eigenvalue weighted by Crippen LogP contribution is 2.49. The highest BCUT2D eigenvalue weighted by atomic mass is 35.5. The molecule has 3 rings (SSSR count). The van der Waals surface area contributed by atoms with E-state index in [0.29, 0.717) is 40.4 Å². The summed E-state index contributed by atoms with van der Waals surface area (Å²) in [4.78, 5) is 30.9. The topological polar surface area (TPSA) is 55.7 Å². The van der Waals surface area contributed by atoms with E-state index in [9.17, 15) is 9.59 Å². The van der Waals surface area contributed by atoms with Gasteiger partial charge in [-0.15, -0.1) is 0 Å². The molecule has 0 amide bonds. The Balaban J connectivity index is 2.24. The highest BCUT2D eigenvalue weighted by molar-refractivity contribution is 6.35. The predicted molar refractivity (Wildman–Crippen MR) is 112 cm³/mol. The average Bonchev–Trinajstić information content (AvgIpc) is 2.59. The van der Waals surface area contributed by atoms with Crippen LogP contribution in [0.25, 0.3) is 0 Å². The number of rotatable bonds is 4. The van der Waals surface area contributed by atoms with Crippen LogP contribution < -0.4 is 0 Å². The average molecular weight is 422 g/mol. The number of esters is 1. The first kappa shape index (κ1) is 21.1. The molecule has 0 saturated heterocycles. The zero-order chi connectivity index (χ0) is 20.6. The molecule has 0 saturated carbocycles. The maximum atomic E-state index is 13.2. The smallest absolute Gasteiger partial charge is 0.315 e. The molecule has 0 bridgehead atoms. The van der Waals surface area contributed by atoms with Crippen LogP contribution in [0.1, 0.15) is 58.4 Å². The van der Waals surface area contributed by atoms with Crippen LogP contribution in [0.5, 0.6) is 0 Å². The number of nitrogens with zero attached hydrogens (tertiary/aromatic N) is 1. The lowest BCUT2D eigenvalue weighted by Gasteiger charge is -2.39. The maximum Gasteiger partial charge on any atom is 0.315 e. The van der Waals surface area contributed by atoms with Gasteiger partial charge in [0.25, 0.3) is 0 Å². The van der Waals surface area contributed by atoms with E-state index in [-0.39, 0.29) is 23.8 Å². The molecular formula is C22H25Cl2NO3. The summed E-state index contributed by atoms with van der Waals surface area (Å²) in [7, 11) is 0. The summed E-state index contributed by atoms with van der Waals surface area (Å²) in [5.41, 5.74) is 2.65. The van der Waals surface area contributed by atoms with Gasteiger partial charge in [-0.2, -0.15) is 0 Å². The molecule has 2 aliphatic rings. The van der Waals surface area contributed by atoms with Gasteiger partial charge in [0.15, 0.2) is 5.78 Å². The van der Waals surface area contributed by atoms with E-state index >= 15 is 0 Å². The van der Waals surface area contributed by atoms with Crippen molar-refractivity contribution in [1.82, 2.24) is 0 Å². The van der Waals surface area contributed by atoms with Crippen LogP contribution in [0.4, 0.5) is 0 Å². The number of ketones is 1. The second-order valence-electron chi connectivity index (χ2n) is 8.13. The summed E-state index contributed by atoms with van der Waals surface area (Å²) in [6.45, 7) is 8.13. The molecule has 1 unspecified atom stereocenters. The quantitative estimate of drug-likeness (QED) is 0.580. The van der Waals surface area contributed by atoms with Crippen LogP contribution >= 0.6 is 23.2 Å². The summed E-state index contributed by atoms with van der Waals surface area (Å²) < 4.78 is 5.36. The van der Waals surface area contributed by atoms with Gasteiger partial charge in [-0.3, -0.25) is 14.6 Å². The summed E-state index contributed by atoms with van der Waals surface area (Å²) in [6.07, 6.45) is 1.70. The predicted octanol–water partition coefficient (Wildman–Crippen LogP) is 5.76. The molecule has 0 spiro atoms. The van der Waals surface area contributed by atoms with Crippen LogP contribution in [0.15, 0.2) is 34.5 Å². The molecule has 1 heterocycles. The fourth-order valence-corrected chi connectivity index (χ4v) is 4.77. The summed E-state index contributed by atoms with van der Waals surface area (Å²) in [5, 5.41) is 0.945. The van der Waals surface area contributed by atoms with Gasteiger partial charge in [0.2, 0.25) is 0 Å². The number of carbonyl (C=O) groups excluding carboxylic acids is 2. The Bertz CT molecular complexity index is 886. The third-order valence-corrected chi connectivity index (χ3v) is 5.94. The third kappa shape index (κ3) is 3.90. The highest BCUT2D eigenvalue weighted by Gasteiger charge is 2.47. The molecule has 6 heteroatoms. The van der Waals surface area contributed by atoms with Gasteiger partial charge in [-0.05, 0) is 42.9 Å². The number of aliphatic imine (C=N–C) groups is 1. The Kier molecular flexibility index (Phi) is 6.02. The van der Waals surface area contributed by atoms with Crippen molar-refractivity contribution in [2.75, 3.05) is 6.61 Å². The van der Waals surface area contributed by atoms with Crippen LogP contribution in [0.2, 0.25) is 10.0 Å². The number of halogens is 2. The maximum absolute atomic E-state index is 13.2. The minimum absolute atomic E-state index is 0.0236. The monoisotopic (exact) mass is 421 g/mol. The number of Topliss-reactive ketones (excluding diaryl/α,β-unsaturated/α-hetero) is 1. The first-order chi connectivity index (χ1) is 13.2. The Morgan fingerprint density at radius 1 is 1.25 bits per heavy atom. The number of hydrogen-bond donors (Lipinski definition) is 0. The SMILES string of the molecule is CCOC(=O)C1C(CC)=NC2=C(C(=O)CC(C)(C)C2)[C@H]1c1ccc(Cl)cc1Cl.